The fourth-order valence-electron chi connectivity index (χ4n) is 2.57. The summed E-state index contributed by atoms with van der Waals surface area (Å²) < 4.78 is 11.4. The third kappa shape index (κ3) is 2.57. The number of fused-ring (bicyclic) bond motifs is 1. The van der Waals surface area contributed by atoms with Crippen molar-refractivity contribution >= 4 is 10.8 Å². The Labute approximate surface area is 112 Å². The zero-order chi connectivity index (χ0) is 13.1. The van der Waals surface area contributed by atoms with Crippen molar-refractivity contribution in [2.75, 3.05) is 13.2 Å². The van der Waals surface area contributed by atoms with Gasteiger partial charge in [-0.2, -0.15) is 0 Å². The van der Waals surface area contributed by atoms with Crippen LogP contribution in [0.2, 0.25) is 0 Å². The summed E-state index contributed by atoms with van der Waals surface area (Å²) in [4.78, 5) is 0. The third-order valence-corrected chi connectivity index (χ3v) is 3.57. The van der Waals surface area contributed by atoms with Gasteiger partial charge in [-0.05, 0) is 29.7 Å². The second-order valence-electron chi connectivity index (χ2n) is 4.88. The van der Waals surface area contributed by atoms with E-state index in [4.69, 9.17) is 9.47 Å². The molecule has 1 heterocycles. The highest BCUT2D eigenvalue weighted by molar-refractivity contribution is 5.87. The molecule has 1 fully saturated rings. The minimum Gasteiger partial charge on any atom is -0.488 e. The second-order valence-corrected chi connectivity index (χ2v) is 4.88. The van der Waals surface area contributed by atoms with E-state index >= 15 is 0 Å². The van der Waals surface area contributed by atoms with E-state index in [1.54, 1.807) is 0 Å². The van der Waals surface area contributed by atoms with Gasteiger partial charge in [0.1, 0.15) is 11.9 Å². The first kappa shape index (κ1) is 12.5. The number of hydrogen-bond donors (Lipinski definition) is 1. The van der Waals surface area contributed by atoms with Crippen molar-refractivity contribution in [1.29, 1.82) is 0 Å². The molecule has 2 aromatic rings. The van der Waals surface area contributed by atoms with E-state index in [0.717, 1.165) is 41.5 Å². The quantitative estimate of drug-likeness (QED) is 0.920. The predicted octanol–water partition coefficient (Wildman–Crippen LogP) is 2.89. The maximum Gasteiger partial charge on any atom is 0.126 e. The topological polar surface area (TPSA) is 38.7 Å². The van der Waals surface area contributed by atoms with Crippen LogP contribution >= 0.6 is 0 Å². The van der Waals surface area contributed by atoms with E-state index < -0.39 is 0 Å². The Kier molecular flexibility index (Phi) is 3.67. The first-order valence-electron chi connectivity index (χ1n) is 6.74. The number of benzene rings is 2. The summed E-state index contributed by atoms with van der Waals surface area (Å²) >= 11 is 0. The molecule has 3 rings (SSSR count). The fourth-order valence-corrected chi connectivity index (χ4v) is 2.57. The first-order valence-corrected chi connectivity index (χ1v) is 6.74. The SMILES string of the molecule is OCc1c(OC2CCCOC2)ccc2ccccc12. The van der Waals surface area contributed by atoms with Crippen LogP contribution in [0.4, 0.5) is 0 Å². The summed E-state index contributed by atoms with van der Waals surface area (Å²) in [5.74, 6) is 0.775. The molecule has 1 aliphatic rings. The van der Waals surface area contributed by atoms with Gasteiger partial charge in [0.05, 0.1) is 13.2 Å². The molecule has 1 aliphatic heterocycles. The molecule has 0 aromatic heterocycles. The lowest BCUT2D eigenvalue weighted by Gasteiger charge is -2.24. The normalized spacial score (nSPS) is 19.5. The van der Waals surface area contributed by atoms with Crippen molar-refractivity contribution in [2.45, 2.75) is 25.6 Å². The van der Waals surface area contributed by atoms with Gasteiger partial charge in [0, 0.05) is 12.2 Å². The Bertz CT molecular complexity index is 559. The van der Waals surface area contributed by atoms with Crippen LogP contribution in [-0.2, 0) is 11.3 Å². The molecular weight excluding hydrogens is 240 g/mol. The van der Waals surface area contributed by atoms with Crippen LogP contribution in [0.5, 0.6) is 5.75 Å². The first-order chi connectivity index (χ1) is 9.38. The number of hydrogen-bond acceptors (Lipinski definition) is 3. The molecule has 19 heavy (non-hydrogen) atoms. The van der Waals surface area contributed by atoms with Crippen LogP contribution in [0.1, 0.15) is 18.4 Å². The van der Waals surface area contributed by atoms with Crippen LogP contribution < -0.4 is 4.74 Å². The van der Waals surface area contributed by atoms with Crippen molar-refractivity contribution < 1.29 is 14.6 Å². The maximum absolute atomic E-state index is 9.63. The van der Waals surface area contributed by atoms with Gasteiger partial charge >= 0.3 is 0 Å². The molecule has 3 nitrogen and oxygen atoms in total. The predicted molar refractivity (Wildman–Crippen MR) is 74.3 cm³/mol. The molecular formula is C16H18O3. The zero-order valence-corrected chi connectivity index (χ0v) is 10.8. The maximum atomic E-state index is 9.63. The smallest absolute Gasteiger partial charge is 0.126 e. The van der Waals surface area contributed by atoms with E-state index in [1.165, 1.54) is 0 Å². The summed E-state index contributed by atoms with van der Waals surface area (Å²) in [6.45, 7) is 1.45. The number of aliphatic hydroxyl groups is 1. The van der Waals surface area contributed by atoms with Gasteiger partial charge in [-0.15, -0.1) is 0 Å². The zero-order valence-electron chi connectivity index (χ0n) is 10.8. The summed E-state index contributed by atoms with van der Waals surface area (Å²) in [6.07, 6.45) is 2.14. The monoisotopic (exact) mass is 258 g/mol. The van der Waals surface area contributed by atoms with E-state index in [0.29, 0.717) is 6.61 Å². The molecule has 0 aliphatic carbocycles. The summed E-state index contributed by atoms with van der Waals surface area (Å²) in [5, 5.41) is 11.8. The van der Waals surface area contributed by atoms with Crippen LogP contribution in [0.15, 0.2) is 36.4 Å². The molecule has 0 bridgehead atoms. The Morgan fingerprint density at radius 2 is 2.11 bits per heavy atom. The Morgan fingerprint density at radius 3 is 2.89 bits per heavy atom. The molecule has 1 saturated heterocycles. The lowest BCUT2D eigenvalue weighted by molar-refractivity contribution is 0.00670. The largest absolute Gasteiger partial charge is 0.488 e. The average molecular weight is 258 g/mol. The molecule has 1 unspecified atom stereocenters. The summed E-state index contributed by atoms with van der Waals surface area (Å²) in [7, 11) is 0. The van der Waals surface area contributed by atoms with Crippen molar-refractivity contribution in [3.05, 3.63) is 42.0 Å². The molecule has 0 radical (unpaired) electrons. The van der Waals surface area contributed by atoms with E-state index in [2.05, 4.69) is 0 Å². The number of aliphatic hydroxyl groups excluding tert-OH is 1. The fraction of sp³-hybridized carbons (Fsp3) is 0.375. The van der Waals surface area contributed by atoms with Gasteiger partial charge < -0.3 is 14.6 Å². The Balaban J connectivity index is 1.93. The highest BCUT2D eigenvalue weighted by Gasteiger charge is 2.17. The number of ether oxygens (including phenoxy) is 2. The van der Waals surface area contributed by atoms with E-state index in [9.17, 15) is 5.11 Å². The van der Waals surface area contributed by atoms with Gasteiger partial charge in [-0.25, -0.2) is 0 Å². The molecule has 1 atom stereocenters. The third-order valence-electron chi connectivity index (χ3n) is 3.57. The van der Waals surface area contributed by atoms with Crippen LogP contribution in [0, 0.1) is 0 Å². The molecule has 1 N–H and O–H groups in total. The van der Waals surface area contributed by atoms with Gasteiger partial charge in [-0.3, -0.25) is 0 Å². The van der Waals surface area contributed by atoms with Crippen LogP contribution in [0.25, 0.3) is 10.8 Å². The van der Waals surface area contributed by atoms with Gasteiger partial charge in [0.2, 0.25) is 0 Å². The highest BCUT2D eigenvalue weighted by Crippen LogP contribution is 2.29. The second kappa shape index (κ2) is 5.59. The average Bonchev–Trinajstić information content (AvgIpc) is 2.48. The van der Waals surface area contributed by atoms with Gasteiger partial charge in [0.15, 0.2) is 0 Å². The summed E-state index contributed by atoms with van der Waals surface area (Å²) in [6, 6.07) is 12.0. The molecule has 0 saturated carbocycles. The van der Waals surface area contributed by atoms with Crippen molar-refractivity contribution in [1.82, 2.24) is 0 Å². The summed E-state index contributed by atoms with van der Waals surface area (Å²) in [5.41, 5.74) is 0.865. The van der Waals surface area contributed by atoms with Crippen molar-refractivity contribution in [3.63, 3.8) is 0 Å². The Morgan fingerprint density at radius 1 is 1.21 bits per heavy atom. The van der Waals surface area contributed by atoms with Gasteiger partial charge in [-0.1, -0.05) is 30.3 Å². The molecule has 100 valence electrons. The van der Waals surface area contributed by atoms with Crippen LogP contribution in [-0.4, -0.2) is 24.4 Å². The minimum absolute atomic E-state index is 0.00966. The van der Waals surface area contributed by atoms with Crippen LogP contribution in [0.3, 0.4) is 0 Å². The van der Waals surface area contributed by atoms with Crippen molar-refractivity contribution in [3.8, 4) is 5.75 Å². The van der Waals surface area contributed by atoms with E-state index in [-0.39, 0.29) is 12.7 Å². The minimum atomic E-state index is -0.00966. The standard InChI is InChI=1S/C16H18O3/c17-10-15-14-6-2-1-4-12(14)7-8-16(15)19-13-5-3-9-18-11-13/h1-2,4,6-8,13,17H,3,5,9-11H2. The lowest BCUT2D eigenvalue weighted by Crippen LogP contribution is -2.28. The molecule has 0 spiro atoms. The number of rotatable bonds is 3. The lowest BCUT2D eigenvalue weighted by atomic mass is 10.0. The highest BCUT2D eigenvalue weighted by atomic mass is 16.5. The molecule has 3 heteroatoms. The molecule has 2 aromatic carbocycles. The van der Waals surface area contributed by atoms with Crippen molar-refractivity contribution in [2.24, 2.45) is 0 Å². The van der Waals surface area contributed by atoms with E-state index in [1.807, 2.05) is 36.4 Å². The molecule has 0 amide bonds. The van der Waals surface area contributed by atoms with Gasteiger partial charge in [0.25, 0.3) is 0 Å². The Hall–Kier alpha value is -1.58.